The van der Waals surface area contributed by atoms with Crippen LogP contribution in [0, 0.1) is 5.92 Å². The van der Waals surface area contributed by atoms with Crippen LogP contribution in [0.15, 0.2) is 66.7 Å². The summed E-state index contributed by atoms with van der Waals surface area (Å²) in [4.78, 5) is 25.3. The van der Waals surface area contributed by atoms with Gasteiger partial charge in [0, 0.05) is 29.0 Å². The van der Waals surface area contributed by atoms with Crippen molar-refractivity contribution in [3.63, 3.8) is 0 Å². The molecule has 0 aliphatic rings. The zero-order valence-electron chi connectivity index (χ0n) is 13.9. The summed E-state index contributed by atoms with van der Waals surface area (Å²) in [7, 11) is 0. The van der Waals surface area contributed by atoms with Gasteiger partial charge in [-0.05, 0) is 12.1 Å². The first-order valence-corrected chi connectivity index (χ1v) is 8.12. The Morgan fingerprint density at radius 2 is 1.54 bits per heavy atom. The molecule has 0 fully saturated rings. The smallest absolute Gasteiger partial charge is 0.249 e. The van der Waals surface area contributed by atoms with Crippen LogP contribution in [0.5, 0.6) is 0 Å². The number of ketones is 2. The Morgan fingerprint density at radius 1 is 0.875 bits per heavy atom. The lowest BCUT2D eigenvalue weighted by Crippen LogP contribution is -2.45. The quantitative estimate of drug-likeness (QED) is 0.529. The molecule has 24 heavy (non-hydrogen) atoms. The molecule has 0 spiro atoms. The monoisotopic (exact) mass is 318 g/mol. The maximum absolute atomic E-state index is 12.7. The molecule has 0 N–H and O–H groups in total. The van der Waals surface area contributed by atoms with Gasteiger partial charge in [0.15, 0.2) is 0 Å². The minimum absolute atomic E-state index is 0.00485. The van der Waals surface area contributed by atoms with Gasteiger partial charge >= 0.3 is 0 Å². The first kappa shape index (κ1) is 16.1. The highest BCUT2D eigenvalue weighted by Crippen LogP contribution is 2.14. The van der Waals surface area contributed by atoms with Gasteiger partial charge in [0.25, 0.3) is 0 Å². The highest BCUT2D eigenvalue weighted by molar-refractivity contribution is 5.97. The molecule has 0 unspecified atom stereocenters. The van der Waals surface area contributed by atoms with Crippen molar-refractivity contribution in [2.24, 2.45) is 5.92 Å². The van der Waals surface area contributed by atoms with E-state index in [1.807, 2.05) is 73.0 Å². The average Bonchev–Trinajstić information content (AvgIpc) is 2.62. The van der Waals surface area contributed by atoms with Gasteiger partial charge in [-0.15, -0.1) is 0 Å². The van der Waals surface area contributed by atoms with E-state index in [-0.39, 0.29) is 24.0 Å². The summed E-state index contributed by atoms with van der Waals surface area (Å²) in [6, 6.07) is 20.8. The minimum atomic E-state index is -0.121. The van der Waals surface area contributed by atoms with Crippen LogP contribution in [0.1, 0.15) is 34.7 Å². The number of pyridine rings is 1. The molecule has 3 nitrogen and oxygen atoms in total. The van der Waals surface area contributed by atoms with Crippen LogP contribution in [-0.4, -0.2) is 11.6 Å². The van der Waals surface area contributed by atoms with Gasteiger partial charge in [-0.1, -0.05) is 56.3 Å². The Kier molecular flexibility index (Phi) is 4.52. The highest BCUT2D eigenvalue weighted by atomic mass is 16.1. The zero-order chi connectivity index (χ0) is 17.1. The predicted octanol–water partition coefficient (Wildman–Crippen LogP) is 3.85. The van der Waals surface area contributed by atoms with Crippen molar-refractivity contribution in [1.82, 2.24) is 0 Å². The summed E-state index contributed by atoms with van der Waals surface area (Å²) in [5.74, 6) is -0.0828. The van der Waals surface area contributed by atoms with Crippen molar-refractivity contribution in [2.75, 3.05) is 0 Å². The van der Waals surface area contributed by atoms with E-state index in [2.05, 4.69) is 0 Å². The van der Waals surface area contributed by atoms with Gasteiger partial charge < -0.3 is 0 Å². The van der Waals surface area contributed by atoms with Crippen molar-refractivity contribution in [1.29, 1.82) is 0 Å². The fourth-order valence-electron chi connectivity index (χ4n) is 2.80. The van der Waals surface area contributed by atoms with E-state index in [1.165, 1.54) is 0 Å². The molecule has 120 valence electrons. The highest BCUT2D eigenvalue weighted by Gasteiger charge is 2.26. The third kappa shape index (κ3) is 3.11. The summed E-state index contributed by atoms with van der Waals surface area (Å²) in [6.07, 6.45) is 0. The molecule has 3 aromatic rings. The summed E-state index contributed by atoms with van der Waals surface area (Å²) < 4.78 is 1.84. The van der Waals surface area contributed by atoms with Gasteiger partial charge in [-0.2, -0.15) is 4.57 Å². The Labute approximate surface area is 141 Å². The first-order chi connectivity index (χ1) is 11.6. The number of carbonyl (C=O) groups is 2. The van der Waals surface area contributed by atoms with Crippen molar-refractivity contribution < 1.29 is 14.2 Å². The number of para-hydroxylation sites is 1. The topological polar surface area (TPSA) is 38.0 Å². The molecule has 0 saturated carbocycles. The molecule has 0 aliphatic carbocycles. The lowest BCUT2D eigenvalue weighted by atomic mass is 10.0. The second-order valence-corrected chi connectivity index (χ2v) is 6.17. The molecule has 0 amide bonds. The average molecular weight is 318 g/mol. The van der Waals surface area contributed by atoms with Gasteiger partial charge in [0.05, 0.1) is 0 Å². The van der Waals surface area contributed by atoms with Crippen molar-refractivity contribution in [3.8, 4) is 0 Å². The molecular formula is C21H20NO2+. The van der Waals surface area contributed by atoms with Gasteiger partial charge in [0.1, 0.15) is 0 Å². The van der Waals surface area contributed by atoms with Crippen LogP contribution in [0.3, 0.4) is 0 Å². The number of aromatic nitrogens is 1. The normalized spacial score (nSPS) is 11.0. The molecule has 0 saturated heterocycles. The van der Waals surface area contributed by atoms with Crippen LogP contribution in [0.25, 0.3) is 10.9 Å². The Hall–Kier alpha value is -2.81. The van der Waals surface area contributed by atoms with E-state index in [4.69, 9.17) is 0 Å². The standard InChI is InChI=1S/C21H20NO2/c1-15(2)21(24)19-13-12-16-8-6-7-11-18(16)22(19)14-20(23)17-9-4-3-5-10-17/h3-13,15H,14H2,1-2H3/q+1. The second kappa shape index (κ2) is 6.75. The number of fused-ring (bicyclic) bond motifs is 1. The van der Waals surface area contributed by atoms with E-state index < -0.39 is 0 Å². The molecule has 1 heterocycles. The molecular weight excluding hydrogens is 298 g/mol. The number of Topliss-reactive ketones (excluding diaryl/α,β-unsaturated/α-hetero) is 2. The van der Waals surface area contributed by atoms with Gasteiger partial charge in [0.2, 0.25) is 29.3 Å². The molecule has 3 rings (SSSR count). The summed E-state index contributed by atoms with van der Waals surface area (Å²) in [5.41, 5.74) is 2.13. The van der Waals surface area contributed by atoms with Crippen LogP contribution in [-0.2, 0) is 6.54 Å². The third-order valence-corrected chi connectivity index (χ3v) is 4.11. The predicted molar refractivity (Wildman–Crippen MR) is 94.1 cm³/mol. The summed E-state index contributed by atoms with van der Waals surface area (Å²) in [5, 5.41) is 1.01. The number of hydrogen-bond donors (Lipinski definition) is 0. The number of benzene rings is 2. The van der Waals surface area contributed by atoms with E-state index in [1.54, 1.807) is 12.1 Å². The molecule has 0 radical (unpaired) electrons. The Balaban J connectivity index is 2.11. The first-order valence-electron chi connectivity index (χ1n) is 8.12. The maximum Gasteiger partial charge on any atom is 0.249 e. The maximum atomic E-state index is 12.7. The van der Waals surface area contributed by atoms with E-state index in [0.29, 0.717) is 11.3 Å². The molecule has 2 aromatic carbocycles. The zero-order valence-corrected chi connectivity index (χ0v) is 13.9. The molecule has 0 bridgehead atoms. The number of carbonyl (C=O) groups excluding carboxylic acids is 2. The molecule has 1 aromatic heterocycles. The Morgan fingerprint density at radius 3 is 2.25 bits per heavy atom. The van der Waals surface area contributed by atoms with Gasteiger partial charge in [-0.25, -0.2) is 0 Å². The van der Waals surface area contributed by atoms with Crippen LogP contribution < -0.4 is 4.57 Å². The van der Waals surface area contributed by atoms with Crippen molar-refractivity contribution >= 4 is 22.5 Å². The number of hydrogen-bond acceptors (Lipinski definition) is 2. The van der Waals surface area contributed by atoms with Crippen molar-refractivity contribution in [2.45, 2.75) is 20.4 Å². The minimum Gasteiger partial charge on any atom is -0.287 e. The number of nitrogens with zero attached hydrogens (tertiary/aromatic N) is 1. The van der Waals surface area contributed by atoms with Gasteiger partial charge in [-0.3, -0.25) is 9.59 Å². The fraction of sp³-hybridized carbons (Fsp3) is 0.190. The Bertz CT molecular complexity index is 898. The molecule has 3 heteroatoms. The largest absolute Gasteiger partial charge is 0.287 e. The second-order valence-electron chi connectivity index (χ2n) is 6.17. The lowest BCUT2D eigenvalue weighted by Gasteiger charge is -2.08. The SMILES string of the molecule is CC(C)C(=O)c1ccc2ccccc2[n+]1CC(=O)c1ccccc1. The summed E-state index contributed by atoms with van der Waals surface area (Å²) >= 11 is 0. The van der Waals surface area contributed by atoms with Crippen LogP contribution >= 0.6 is 0 Å². The van der Waals surface area contributed by atoms with E-state index in [0.717, 1.165) is 10.9 Å². The van der Waals surface area contributed by atoms with Crippen LogP contribution in [0.4, 0.5) is 0 Å². The number of rotatable bonds is 5. The lowest BCUT2D eigenvalue weighted by molar-refractivity contribution is -0.659. The fourth-order valence-corrected chi connectivity index (χ4v) is 2.80. The van der Waals surface area contributed by atoms with E-state index >= 15 is 0 Å². The molecule has 0 atom stereocenters. The third-order valence-electron chi connectivity index (χ3n) is 4.11. The molecule has 0 aliphatic heterocycles. The van der Waals surface area contributed by atoms with Crippen molar-refractivity contribution in [3.05, 3.63) is 78.0 Å². The van der Waals surface area contributed by atoms with Crippen LogP contribution in [0.2, 0.25) is 0 Å². The van der Waals surface area contributed by atoms with E-state index in [9.17, 15) is 9.59 Å². The summed E-state index contributed by atoms with van der Waals surface area (Å²) in [6.45, 7) is 3.90.